The Morgan fingerprint density at radius 3 is 2.86 bits per heavy atom. The molecular weight excluding hydrogens is 182 g/mol. The summed E-state index contributed by atoms with van der Waals surface area (Å²) in [5.74, 6) is -0.545. The van der Waals surface area contributed by atoms with Gasteiger partial charge in [0, 0.05) is 12.6 Å². The molecule has 0 unspecified atom stereocenters. The van der Waals surface area contributed by atoms with Crippen molar-refractivity contribution in [2.75, 3.05) is 6.61 Å². The number of nitrogens with two attached hydrogens (primary N) is 1. The molecule has 0 bridgehead atoms. The minimum atomic E-state index is -0.818. The van der Waals surface area contributed by atoms with Crippen molar-refractivity contribution in [2.24, 2.45) is 11.7 Å². The highest BCUT2D eigenvalue weighted by Gasteiger charge is 2.32. The summed E-state index contributed by atoms with van der Waals surface area (Å²) in [5.41, 5.74) is 5.68. The quantitative estimate of drug-likeness (QED) is 0.714. The first-order chi connectivity index (χ1) is 6.41. The highest BCUT2D eigenvalue weighted by atomic mass is 16.5. The van der Waals surface area contributed by atoms with Gasteiger partial charge in [-0.15, -0.1) is 0 Å². The van der Waals surface area contributed by atoms with Gasteiger partial charge in [-0.05, 0) is 32.6 Å². The Hall–Kier alpha value is -0.610. The van der Waals surface area contributed by atoms with E-state index in [1.165, 1.54) is 0 Å². The molecule has 1 rings (SSSR count). The number of hydrogen-bond acceptors (Lipinski definition) is 3. The molecule has 1 saturated heterocycles. The van der Waals surface area contributed by atoms with Crippen LogP contribution in [-0.2, 0) is 9.53 Å². The molecule has 1 aliphatic heterocycles. The molecule has 3 N–H and O–H groups in total. The van der Waals surface area contributed by atoms with E-state index >= 15 is 0 Å². The van der Waals surface area contributed by atoms with Crippen LogP contribution in [0, 0.1) is 5.92 Å². The van der Waals surface area contributed by atoms with E-state index in [9.17, 15) is 4.79 Å². The van der Waals surface area contributed by atoms with E-state index in [-0.39, 0.29) is 24.0 Å². The molecule has 0 aromatic heterocycles. The Morgan fingerprint density at radius 1 is 1.71 bits per heavy atom. The van der Waals surface area contributed by atoms with Gasteiger partial charge in [0.25, 0.3) is 0 Å². The first-order valence-electron chi connectivity index (χ1n) is 5.02. The summed E-state index contributed by atoms with van der Waals surface area (Å²) in [7, 11) is 0. The van der Waals surface area contributed by atoms with Crippen LogP contribution in [0.3, 0.4) is 0 Å². The second-order valence-corrected chi connectivity index (χ2v) is 4.62. The smallest absolute Gasteiger partial charge is 0.304 e. The highest BCUT2D eigenvalue weighted by Crippen LogP contribution is 2.30. The maximum absolute atomic E-state index is 10.5. The third kappa shape index (κ3) is 3.27. The van der Waals surface area contributed by atoms with Gasteiger partial charge in [0.1, 0.15) is 0 Å². The van der Waals surface area contributed by atoms with Crippen LogP contribution in [0.5, 0.6) is 0 Å². The summed E-state index contributed by atoms with van der Waals surface area (Å²) in [6, 6.07) is -0.240. The fourth-order valence-corrected chi connectivity index (χ4v) is 2.01. The van der Waals surface area contributed by atoms with Crippen molar-refractivity contribution in [3.63, 3.8) is 0 Å². The van der Waals surface area contributed by atoms with Gasteiger partial charge in [-0.2, -0.15) is 0 Å². The van der Waals surface area contributed by atoms with E-state index in [4.69, 9.17) is 15.6 Å². The molecule has 2 atom stereocenters. The zero-order chi connectivity index (χ0) is 10.8. The lowest BCUT2D eigenvalue weighted by molar-refractivity contribution is -0.138. The van der Waals surface area contributed by atoms with Crippen molar-refractivity contribution in [3.05, 3.63) is 0 Å². The van der Waals surface area contributed by atoms with Crippen molar-refractivity contribution in [3.8, 4) is 0 Å². The van der Waals surface area contributed by atoms with Crippen LogP contribution in [0.4, 0.5) is 0 Å². The molecule has 4 nitrogen and oxygen atoms in total. The van der Waals surface area contributed by atoms with Gasteiger partial charge in [0.05, 0.1) is 12.0 Å². The second kappa shape index (κ2) is 4.28. The number of carboxylic acids is 1. The minimum Gasteiger partial charge on any atom is -0.481 e. The Kier molecular flexibility index (Phi) is 3.50. The van der Waals surface area contributed by atoms with Crippen molar-refractivity contribution in [2.45, 2.75) is 44.8 Å². The van der Waals surface area contributed by atoms with Crippen molar-refractivity contribution >= 4 is 5.97 Å². The highest BCUT2D eigenvalue weighted by molar-refractivity contribution is 5.67. The summed E-state index contributed by atoms with van der Waals surface area (Å²) in [5, 5.41) is 8.63. The topological polar surface area (TPSA) is 72.6 Å². The van der Waals surface area contributed by atoms with E-state index in [0.29, 0.717) is 6.61 Å². The van der Waals surface area contributed by atoms with Crippen LogP contribution < -0.4 is 5.73 Å². The number of carbonyl (C=O) groups is 1. The standard InChI is InChI=1S/C10H19NO3/c1-10(2)6-7(3-4-14-10)8(11)5-9(12)13/h7-8H,3-6,11H2,1-2H3,(H,12,13)/t7-,8+/m1/s1. The Labute approximate surface area is 84.4 Å². The van der Waals surface area contributed by atoms with Crippen molar-refractivity contribution < 1.29 is 14.6 Å². The van der Waals surface area contributed by atoms with Crippen molar-refractivity contribution in [1.82, 2.24) is 0 Å². The molecule has 14 heavy (non-hydrogen) atoms. The minimum absolute atomic E-state index is 0.0563. The molecule has 1 aliphatic rings. The second-order valence-electron chi connectivity index (χ2n) is 4.62. The molecule has 0 aliphatic carbocycles. The molecule has 82 valence electrons. The van der Waals surface area contributed by atoms with Crippen LogP contribution in [-0.4, -0.2) is 29.3 Å². The molecule has 0 aromatic rings. The van der Waals surface area contributed by atoms with Gasteiger partial charge in [-0.1, -0.05) is 0 Å². The summed E-state index contributed by atoms with van der Waals surface area (Å²) >= 11 is 0. The Bertz CT molecular complexity index is 215. The summed E-state index contributed by atoms with van der Waals surface area (Å²) < 4.78 is 5.55. The molecule has 1 fully saturated rings. The average Bonchev–Trinajstić information content (AvgIpc) is 2.01. The number of ether oxygens (including phenoxy) is 1. The maximum Gasteiger partial charge on any atom is 0.304 e. The molecular formula is C10H19NO3. The molecule has 0 amide bonds. The summed E-state index contributed by atoms with van der Waals surface area (Å²) in [6.07, 6.45) is 1.78. The maximum atomic E-state index is 10.5. The van der Waals surface area contributed by atoms with Crippen molar-refractivity contribution in [1.29, 1.82) is 0 Å². The molecule has 4 heteroatoms. The van der Waals surface area contributed by atoms with E-state index in [1.54, 1.807) is 0 Å². The third-order valence-electron chi connectivity index (χ3n) is 2.75. The fourth-order valence-electron chi connectivity index (χ4n) is 2.01. The Balaban J connectivity index is 2.47. The van der Waals surface area contributed by atoms with Gasteiger partial charge in [0.15, 0.2) is 0 Å². The van der Waals surface area contributed by atoms with Crippen LogP contribution in [0.1, 0.15) is 33.1 Å². The number of rotatable bonds is 3. The van der Waals surface area contributed by atoms with Crippen LogP contribution in [0.2, 0.25) is 0 Å². The van der Waals surface area contributed by atoms with Gasteiger partial charge < -0.3 is 15.6 Å². The van der Waals surface area contributed by atoms with Crippen LogP contribution in [0.15, 0.2) is 0 Å². The van der Waals surface area contributed by atoms with Gasteiger partial charge >= 0.3 is 5.97 Å². The van der Waals surface area contributed by atoms with Crippen LogP contribution >= 0.6 is 0 Å². The van der Waals surface area contributed by atoms with E-state index < -0.39 is 5.97 Å². The van der Waals surface area contributed by atoms with Crippen LogP contribution in [0.25, 0.3) is 0 Å². The SMILES string of the molecule is CC1(C)C[C@H]([C@@H](N)CC(=O)O)CCO1. The third-order valence-corrected chi connectivity index (χ3v) is 2.75. The first kappa shape index (κ1) is 11.5. The summed E-state index contributed by atoms with van der Waals surface area (Å²) in [4.78, 5) is 10.5. The lowest BCUT2D eigenvalue weighted by atomic mass is 9.82. The van der Waals surface area contributed by atoms with Gasteiger partial charge in [0.2, 0.25) is 0 Å². The van der Waals surface area contributed by atoms with E-state index in [2.05, 4.69) is 0 Å². The van der Waals surface area contributed by atoms with Gasteiger partial charge in [-0.3, -0.25) is 4.79 Å². The summed E-state index contributed by atoms with van der Waals surface area (Å²) in [6.45, 7) is 4.73. The lowest BCUT2D eigenvalue weighted by Crippen LogP contribution is -2.42. The zero-order valence-corrected chi connectivity index (χ0v) is 8.82. The van der Waals surface area contributed by atoms with E-state index in [1.807, 2.05) is 13.8 Å². The Morgan fingerprint density at radius 2 is 2.36 bits per heavy atom. The molecule has 0 saturated carbocycles. The predicted octanol–water partition coefficient (Wildman–Crippen LogP) is 0.994. The largest absolute Gasteiger partial charge is 0.481 e. The normalized spacial score (nSPS) is 28.4. The van der Waals surface area contributed by atoms with E-state index in [0.717, 1.165) is 12.8 Å². The number of aliphatic carboxylic acids is 1. The lowest BCUT2D eigenvalue weighted by Gasteiger charge is -2.37. The molecule has 0 aromatic carbocycles. The zero-order valence-electron chi connectivity index (χ0n) is 8.82. The number of carboxylic acid groups (broad SMARTS) is 1. The molecule has 0 spiro atoms. The monoisotopic (exact) mass is 201 g/mol. The number of hydrogen-bond donors (Lipinski definition) is 2. The molecule has 0 radical (unpaired) electrons. The predicted molar refractivity (Wildman–Crippen MR) is 53.0 cm³/mol. The van der Waals surface area contributed by atoms with Gasteiger partial charge in [-0.25, -0.2) is 0 Å². The fraction of sp³-hybridized carbons (Fsp3) is 0.900. The molecule has 1 heterocycles. The first-order valence-corrected chi connectivity index (χ1v) is 5.02. The average molecular weight is 201 g/mol.